The summed E-state index contributed by atoms with van der Waals surface area (Å²) < 4.78 is 0. The second-order valence-electron chi connectivity index (χ2n) is 2.31. The van der Waals surface area contributed by atoms with Gasteiger partial charge in [0.2, 0.25) is 11.6 Å². The van der Waals surface area contributed by atoms with Crippen LogP contribution in [0, 0.1) is 0 Å². The van der Waals surface area contributed by atoms with Crippen LogP contribution >= 0.6 is 0 Å². The molecule has 1 aliphatic rings. The van der Waals surface area contributed by atoms with E-state index in [0.717, 1.165) is 6.08 Å². The largest absolute Gasteiger partial charge is 0.871 e. The Balaban J connectivity index is 3.33. The molecule has 0 N–H and O–H groups in total. The highest BCUT2D eigenvalue weighted by molar-refractivity contribution is 6.53. The zero-order valence-corrected chi connectivity index (χ0v) is 6.59. The van der Waals surface area contributed by atoms with Gasteiger partial charge in [0.05, 0.1) is 0 Å². The molecule has 0 saturated heterocycles. The number of hydrogen-bond acceptors (Lipinski definition) is 3. The molecule has 1 rings (SSSR count). The monoisotopic (exact) mass is 163 g/mol. The highest BCUT2D eigenvalue weighted by atomic mass is 16.3. The first-order valence-electron chi connectivity index (χ1n) is 3.43. The number of hydrogen-bond donors (Lipinski definition) is 0. The summed E-state index contributed by atoms with van der Waals surface area (Å²) in [6.07, 6.45) is 2.47. The molecular formula is C9H7O3-. The van der Waals surface area contributed by atoms with Crippen LogP contribution < -0.4 is 5.11 Å². The van der Waals surface area contributed by atoms with E-state index in [0.29, 0.717) is 0 Å². The molecule has 0 bridgehead atoms. The number of ketones is 2. The lowest BCUT2D eigenvalue weighted by molar-refractivity contribution is -0.297. The Morgan fingerprint density at radius 1 is 1.33 bits per heavy atom. The smallest absolute Gasteiger partial charge is 0.232 e. The fourth-order valence-electron chi connectivity index (χ4n) is 1.04. The van der Waals surface area contributed by atoms with Crippen LogP contribution in [0.5, 0.6) is 0 Å². The summed E-state index contributed by atoms with van der Waals surface area (Å²) >= 11 is 0. The molecule has 1 aliphatic carbocycles. The molecule has 0 aromatic rings. The van der Waals surface area contributed by atoms with Crippen molar-refractivity contribution in [3.63, 3.8) is 0 Å². The topological polar surface area (TPSA) is 57.2 Å². The summed E-state index contributed by atoms with van der Waals surface area (Å²) in [6.45, 7) is 4.83. The molecule has 0 saturated carbocycles. The van der Waals surface area contributed by atoms with Crippen molar-refractivity contribution in [3.8, 4) is 0 Å². The van der Waals surface area contributed by atoms with Crippen molar-refractivity contribution in [2.75, 3.05) is 0 Å². The van der Waals surface area contributed by atoms with Gasteiger partial charge in [0.25, 0.3) is 0 Å². The molecule has 0 aliphatic heterocycles. The van der Waals surface area contributed by atoms with E-state index in [1.807, 2.05) is 0 Å². The molecule has 0 spiro atoms. The van der Waals surface area contributed by atoms with Gasteiger partial charge in [-0.25, -0.2) is 0 Å². The van der Waals surface area contributed by atoms with Crippen LogP contribution in [0.4, 0.5) is 0 Å². The molecule has 12 heavy (non-hydrogen) atoms. The summed E-state index contributed by atoms with van der Waals surface area (Å²) in [7, 11) is 0. The van der Waals surface area contributed by atoms with E-state index in [1.165, 1.54) is 6.08 Å². The van der Waals surface area contributed by atoms with E-state index in [4.69, 9.17) is 0 Å². The van der Waals surface area contributed by atoms with E-state index in [9.17, 15) is 14.7 Å². The maximum Gasteiger partial charge on any atom is 0.232 e. The van der Waals surface area contributed by atoms with Crippen LogP contribution in [-0.4, -0.2) is 11.6 Å². The molecule has 0 unspecified atom stereocenters. The van der Waals surface area contributed by atoms with Crippen LogP contribution in [0.25, 0.3) is 0 Å². The molecule has 3 nitrogen and oxygen atoms in total. The number of carbonyl (C=O) groups excluding carboxylic acids is 2. The minimum atomic E-state index is -0.747. The van der Waals surface area contributed by atoms with Crippen molar-refractivity contribution >= 4 is 11.6 Å². The zero-order valence-electron chi connectivity index (χ0n) is 6.59. The Morgan fingerprint density at radius 2 is 1.92 bits per heavy atom. The highest BCUT2D eigenvalue weighted by Gasteiger charge is 2.28. The lowest BCUT2D eigenvalue weighted by Crippen LogP contribution is -2.10. The van der Waals surface area contributed by atoms with Crippen molar-refractivity contribution < 1.29 is 14.7 Å². The average Bonchev–Trinajstić information content (AvgIpc) is 2.25. The quantitative estimate of drug-likeness (QED) is 0.400. The minimum absolute atomic E-state index is 0.0464. The summed E-state index contributed by atoms with van der Waals surface area (Å²) in [5.41, 5.74) is -0.164. The second kappa shape index (κ2) is 2.77. The van der Waals surface area contributed by atoms with Crippen molar-refractivity contribution in [1.82, 2.24) is 0 Å². The van der Waals surface area contributed by atoms with Gasteiger partial charge in [0.15, 0.2) is 0 Å². The normalized spacial score (nSPS) is 20.9. The number of allylic oxidation sites excluding steroid dienone is 4. The van der Waals surface area contributed by atoms with Gasteiger partial charge < -0.3 is 5.11 Å². The zero-order chi connectivity index (χ0) is 9.30. The van der Waals surface area contributed by atoms with E-state index in [1.54, 1.807) is 6.92 Å². The molecule has 0 amide bonds. The van der Waals surface area contributed by atoms with Gasteiger partial charge in [-0.2, -0.15) is 0 Å². The fraction of sp³-hybridized carbons (Fsp3) is 0.111. The first kappa shape index (κ1) is 8.46. The third kappa shape index (κ3) is 0.906. The molecule has 0 atom stereocenters. The Kier molecular flexibility index (Phi) is 1.95. The summed E-state index contributed by atoms with van der Waals surface area (Å²) in [4.78, 5) is 22.0. The van der Waals surface area contributed by atoms with Crippen LogP contribution in [0.1, 0.15) is 6.92 Å². The van der Waals surface area contributed by atoms with Crippen LogP contribution in [0.3, 0.4) is 0 Å². The maximum atomic E-state index is 11.2. The van der Waals surface area contributed by atoms with E-state index < -0.39 is 17.3 Å². The van der Waals surface area contributed by atoms with E-state index in [2.05, 4.69) is 6.58 Å². The predicted molar refractivity (Wildman–Crippen MR) is 41.0 cm³/mol. The van der Waals surface area contributed by atoms with Crippen molar-refractivity contribution in [1.29, 1.82) is 0 Å². The second-order valence-corrected chi connectivity index (χ2v) is 2.31. The number of carbonyl (C=O) groups is 2. The molecule has 0 aromatic carbocycles. The number of rotatable bonds is 1. The van der Waals surface area contributed by atoms with Gasteiger partial charge >= 0.3 is 0 Å². The summed E-state index contributed by atoms with van der Waals surface area (Å²) in [5, 5.41) is 11.2. The highest BCUT2D eigenvalue weighted by Crippen LogP contribution is 2.21. The van der Waals surface area contributed by atoms with E-state index in [-0.39, 0.29) is 11.1 Å². The maximum absolute atomic E-state index is 11.2. The molecule has 0 fully saturated rings. The first-order valence-corrected chi connectivity index (χ1v) is 3.43. The van der Waals surface area contributed by atoms with Gasteiger partial charge in [0, 0.05) is 11.1 Å². The molecule has 3 heteroatoms. The minimum Gasteiger partial charge on any atom is -0.871 e. The Labute approximate surface area is 69.7 Å². The lowest BCUT2D eigenvalue weighted by atomic mass is 10.2. The molecule has 62 valence electrons. The number of Topliss-reactive ketones (excluding diaryl/α,β-unsaturated/α-hetero) is 2. The van der Waals surface area contributed by atoms with Gasteiger partial charge in [-0.05, 0) is 6.92 Å². The third-order valence-electron chi connectivity index (χ3n) is 1.68. The average molecular weight is 163 g/mol. The molecule has 0 radical (unpaired) electrons. The molecule has 0 heterocycles. The van der Waals surface area contributed by atoms with Crippen molar-refractivity contribution in [2.24, 2.45) is 0 Å². The summed E-state index contributed by atoms with van der Waals surface area (Å²) in [6, 6.07) is 0. The first-order chi connectivity index (χ1) is 5.63. The standard InChI is InChI=1S/C9H8O3/c1-3-5-7(10)6(4-2)9(12)8(5)11/h3-4,10H,1H2,2H3/p-1. The summed E-state index contributed by atoms with van der Waals surface area (Å²) in [5.74, 6) is -1.98. The molecular weight excluding hydrogens is 156 g/mol. The third-order valence-corrected chi connectivity index (χ3v) is 1.68. The SMILES string of the molecule is C=CC1=C([O-])C(=CC)C(=O)C1=O. The van der Waals surface area contributed by atoms with Gasteiger partial charge in [-0.15, -0.1) is 0 Å². The Bertz CT molecular complexity index is 332. The van der Waals surface area contributed by atoms with Gasteiger partial charge in [-0.3, -0.25) is 9.59 Å². The molecule has 0 aromatic heterocycles. The fourth-order valence-corrected chi connectivity index (χ4v) is 1.04. The Hall–Kier alpha value is -1.64. The predicted octanol–water partition coefficient (Wildman–Crippen LogP) is -0.115. The van der Waals surface area contributed by atoms with Crippen LogP contribution in [0.15, 0.2) is 35.6 Å². The van der Waals surface area contributed by atoms with Crippen molar-refractivity contribution in [3.05, 3.63) is 35.6 Å². The Morgan fingerprint density at radius 3 is 2.17 bits per heavy atom. The van der Waals surface area contributed by atoms with Gasteiger partial charge in [0.1, 0.15) is 0 Å². The van der Waals surface area contributed by atoms with E-state index >= 15 is 0 Å². The van der Waals surface area contributed by atoms with Crippen LogP contribution in [-0.2, 0) is 9.59 Å². The van der Waals surface area contributed by atoms with Crippen LogP contribution in [0.2, 0.25) is 0 Å². The van der Waals surface area contributed by atoms with Crippen molar-refractivity contribution in [2.45, 2.75) is 6.92 Å². The lowest BCUT2D eigenvalue weighted by Gasteiger charge is -2.06. The van der Waals surface area contributed by atoms with Gasteiger partial charge in [-0.1, -0.05) is 24.5 Å².